The molecule has 0 fully saturated rings. The standard InChI is InChI=1S/C7H9F3O2/c1-3-5(7(8,9)10)4(2)6(11)12/h3-5H,1H2,2H3,(H,11,12)/t4-,5-/m1/s1. The first-order valence-electron chi connectivity index (χ1n) is 3.22. The summed E-state index contributed by atoms with van der Waals surface area (Å²) in [5, 5.41) is 8.30. The van der Waals surface area contributed by atoms with Crippen molar-refractivity contribution < 1.29 is 23.1 Å². The highest BCUT2D eigenvalue weighted by atomic mass is 19.4. The number of alkyl halides is 3. The molecular formula is C7H9F3O2. The number of carbonyl (C=O) groups is 1. The van der Waals surface area contributed by atoms with Crippen LogP contribution in [0.15, 0.2) is 12.7 Å². The predicted octanol–water partition coefficient (Wildman–Crippen LogP) is 2.07. The molecule has 0 aromatic rings. The third-order valence-corrected chi connectivity index (χ3v) is 1.56. The number of aliphatic carboxylic acids is 1. The van der Waals surface area contributed by atoms with E-state index in [0.717, 1.165) is 6.92 Å². The summed E-state index contributed by atoms with van der Waals surface area (Å²) >= 11 is 0. The summed E-state index contributed by atoms with van der Waals surface area (Å²) in [4.78, 5) is 10.2. The van der Waals surface area contributed by atoms with Crippen molar-refractivity contribution in [2.75, 3.05) is 0 Å². The van der Waals surface area contributed by atoms with Crippen molar-refractivity contribution in [2.24, 2.45) is 11.8 Å². The fourth-order valence-corrected chi connectivity index (χ4v) is 0.775. The Morgan fingerprint density at radius 3 is 2.08 bits per heavy atom. The van der Waals surface area contributed by atoms with E-state index in [1.165, 1.54) is 0 Å². The second-order valence-electron chi connectivity index (χ2n) is 2.43. The molecule has 0 aromatic heterocycles. The molecule has 0 aliphatic rings. The maximum atomic E-state index is 12.0. The van der Waals surface area contributed by atoms with Gasteiger partial charge >= 0.3 is 12.1 Å². The summed E-state index contributed by atoms with van der Waals surface area (Å²) in [6.45, 7) is 3.95. The van der Waals surface area contributed by atoms with E-state index in [4.69, 9.17) is 5.11 Å². The molecule has 5 heteroatoms. The molecule has 0 aliphatic carbocycles. The van der Waals surface area contributed by atoms with Gasteiger partial charge in [-0.25, -0.2) is 0 Å². The van der Waals surface area contributed by atoms with Gasteiger partial charge in [0.25, 0.3) is 0 Å². The third kappa shape index (κ3) is 2.56. The number of carboxylic acid groups (broad SMARTS) is 1. The Kier molecular flexibility index (Phi) is 3.30. The third-order valence-electron chi connectivity index (χ3n) is 1.56. The van der Waals surface area contributed by atoms with Gasteiger partial charge in [-0.3, -0.25) is 4.79 Å². The SMILES string of the molecule is C=C[C@H]([C@@H](C)C(=O)O)C(F)(F)F. The van der Waals surface area contributed by atoms with E-state index in [1.807, 2.05) is 0 Å². The van der Waals surface area contributed by atoms with Crippen LogP contribution in [0.25, 0.3) is 0 Å². The minimum absolute atomic E-state index is 0.610. The van der Waals surface area contributed by atoms with Gasteiger partial charge in [0.1, 0.15) is 0 Å². The monoisotopic (exact) mass is 182 g/mol. The Morgan fingerprint density at radius 2 is 2.00 bits per heavy atom. The summed E-state index contributed by atoms with van der Waals surface area (Å²) in [5.41, 5.74) is 0. The Labute approximate surface area is 67.7 Å². The number of halogens is 3. The summed E-state index contributed by atoms with van der Waals surface area (Å²) < 4.78 is 36.0. The number of allylic oxidation sites excluding steroid dienone is 1. The molecule has 0 saturated heterocycles. The molecule has 0 spiro atoms. The van der Waals surface area contributed by atoms with E-state index in [0.29, 0.717) is 6.08 Å². The van der Waals surface area contributed by atoms with Crippen LogP contribution < -0.4 is 0 Å². The van der Waals surface area contributed by atoms with Crippen LogP contribution in [0.1, 0.15) is 6.92 Å². The zero-order chi connectivity index (χ0) is 9.94. The van der Waals surface area contributed by atoms with Crippen LogP contribution in [0.2, 0.25) is 0 Å². The van der Waals surface area contributed by atoms with Crippen molar-refractivity contribution in [1.82, 2.24) is 0 Å². The molecule has 0 unspecified atom stereocenters. The summed E-state index contributed by atoms with van der Waals surface area (Å²) in [7, 11) is 0. The van der Waals surface area contributed by atoms with E-state index >= 15 is 0 Å². The minimum atomic E-state index is -4.53. The maximum Gasteiger partial charge on any atom is 0.395 e. The molecule has 0 radical (unpaired) electrons. The normalized spacial score (nSPS) is 16.7. The second kappa shape index (κ2) is 3.60. The van der Waals surface area contributed by atoms with Gasteiger partial charge in [0.2, 0.25) is 0 Å². The number of hydrogen-bond donors (Lipinski definition) is 1. The largest absolute Gasteiger partial charge is 0.481 e. The summed E-state index contributed by atoms with van der Waals surface area (Å²) in [6, 6.07) is 0. The first-order valence-corrected chi connectivity index (χ1v) is 3.22. The lowest BCUT2D eigenvalue weighted by Crippen LogP contribution is -2.31. The Hall–Kier alpha value is -1.00. The van der Waals surface area contributed by atoms with Gasteiger partial charge in [0.15, 0.2) is 0 Å². The quantitative estimate of drug-likeness (QED) is 0.678. The van der Waals surface area contributed by atoms with Crippen LogP contribution in [0.3, 0.4) is 0 Å². The molecule has 0 aromatic carbocycles. The van der Waals surface area contributed by atoms with Gasteiger partial charge in [0.05, 0.1) is 11.8 Å². The first kappa shape index (κ1) is 11.0. The van der Waals surface area contributed by atoms with E-state index in [1.54, 1.807) is 0 Å². The van der Waals surface area contributed by atoms with Crippen molar-refractivity contribution in [2.45, 2.75) is 13.1 Å². The molecular weight excluding hydrogens is 173 g/mol. The summed E-state index contributed by atoms with van der Waals surface area (Å²) in [6.07, 6.45) is -3.92. The predicted molar refractivity (Wildman–Crippen MR) is 36.5 cm³/mol. The van der Waals surface area contributed by atoms with Crippen LogP contribution in [0.4, 0.5) is 13.2 Å². The van der Waals surface area contributed by atoms with Crippen LogP contribution in [-0.4, -0.2) is 17.3 Å². The van der Waals surface area contributed by atoms with Gasteiger partial charge in [-0.05, 0) is 0 Å². The van der Waals surface area contributed by atoms with Crippen LogP contribution in [-0.2, 0) is 4.79 Å². The zero-order valence-corrected chi connectivity index (χ0v) is 6.43. The molecule has 12 heavy (non-hydrogen) atoms. The molecule has 70 valence electrons. The first-order chi connectivity index (χ1) is 5.30. The van der Waals surface area contributed by atoms with Crippen LogP contribution >= 0.6 is 0 Å². The van der Waals surface area contributed by atoms with Crippen molar-refractivity contribution >= 4 is 5.97 Å². The lowest BCUT2D eigenvalue weighted by molar-refractivity contribution is -0.182. The van der Waals surface area contributed by atoms with E-state index in [-0.39, 0.29) is 0 Å². The van der Waals surface area contributed by atoms with E-state index < -0.39 is 24.0 Å². The molecule has 0 amide bonds. The van der Waals surface area contributed by atoms with E-state index in [2.05, 4.69) is 6.58 Å². The molecule has 0 rings (SSSR count). The Balaban J connectivity index is 4.57. The molecule has 2 atom stereocenters. The number of carboxylic acids is 1. The lowest BCUT2D eigenvalue weighted by atomic mass is 9.94. The van der Waals surface area contributed by atoms with Crippen molar-refractivity contribution in [3.8, 4) is 0 Å². The van der Waals surface area contributed by atoms with Gasteiger partial charge < -0.3 is 5.11 Å². The van der Waals surface area contributed by atoms with Gasteiger partial charge in [-0.15, -0.1) is 6.58 Å². The molecule has 0 heterocycles. The van der Waals surface area contributed by atoms with Gasteiger partial charge in [0, 0.05) is 0 Å². The molecule has 2 nitrogen and oxygen atoms in total. The number of hydrogen-bond acceptors (Lipinski definition) is 1. The van der Waals surface area contributed by atoms with Gasteiger partial charge in [-0.2, -0.15) is 13.2 Å². The van der Waals surface area contributed by atoms with Crippen LogP contribution in [0.5, 0.6) is 0 Å². The molecule has 0 bridgehead atoms. The smallest absolute Gasteiger partial charge is 0.395 e. The second-order valence-corrected chi connectivity index (χ2v) is 2.43. The number of rotatable bonds is 3. The Morgan fingerprint density at radius 1 is 1.58 bits per heavy atom. The average molecular weight is 182 g/mol. The van der Waals surface area contributed by atoms with Crippen molar-refractivity contribution in [1.29, 1.82) is 0 Å². The fraction of sp³-hybridized carbons (Fsp3) is 0.571. The highest BCUT2D eigenvalue weighted by Gasteiger charge is 2.43. The summed E-state index contributed by atoms with van der Waals surface area (Å²) in [5.74, 6) is -4.94. The van der Waals surface area contributed by atoms with Crippen molar-refractivity contribution in [3.05, 3.63) is 12.7 Å². The maximum absolute atomic E-state index is 12.0. The fourth-order valence-electron chi connectivity index (χ4n) is 0.775. The average Bonchev–Trinajstić information content (AvgIpc) is 1.85. The highest BCUT2D eigenvalue weighted by molar-refractivity contribution is 5.70. The van der Waals surface area contributed by atoms with Crippen LogP contribution in [0, 0.1) is 11.8 Å². The highest BCUT2D eigenvalue weighted by Crippen LogP contribution is 2.32. The minimum Gasteiger partial charge on any atom is -0.481 e. The molecule has 0 saturated carbocycles. The zero-order valence-electron chi connectivity index (χ0n) is 6.43. The topological polar surface area (TPSA) is 37.3 Å². The molecule has 0 aliphatic heterocycles. The Bertz CT molecular complexity index is 186. The lowest BCUT2D eigenvalue weighted by Gasteiger charge is -2.19. The van der Waals surface area contributed by atoms with E-state index in [9.17, 15) is 18.0 Å². The van der Waals surface area contributed by atoms with Gasteiger partial charge in [-0.1, -0.05) is 13.0 Å². The molecule has 1 N–H and O–H groups in total. The van der Waals surface area contributed by atoms with Crippen molar-refractivity contribution in [3.63, 3.8) is 0 Å².